The lowest BCUT2D eigenvalue weighted by atomic mass is 10.1. The maximum atomic E-state index is 4.93. The van der Waals surface area contributed by atoms with Crippen molar-refractivity contribution in [1.29, 1.82) is 0 Å². The van der Waals surface area contributed by atoms with Gasteiger partial charge in [0.15, 0.2) is 11.6 Å². The third-order valence-corrected chi connectivity index (χ3v) is 5.63. The molecule has 2 N–H and O–H groups in total. The minimum absolute atomic E-state index is 0.652. The zero-order chi connectivity index (χ0) is 19.7. The van der Waals surface area contributed by atoms with Crippen LogP contribution >= 0.6 is 0 Å². The Labute approximate surface area is 170 Å². The van der Waals surface area contributed by atoms with Crippen LogP contribution in [-0.4, -0.2) is 29.9 Å². The van der Waals surface area contributed by atoms with Crippen molar-refractivity contribution in [3.05, 3.63) is 72.8 Å². The molecule has 1 aliphatic rings. The standard InChI is InChI=1S/C24H14N6/c1-2-8-14-13(7-1)19-25-20(14)29-22-17-11-5-6-12-18(17)24(27-22)30-23-16-10-4-3-9-15(16)21(26-23)28-19/h1-12H,(H2,25,26,27,28,29,30). The van der Waals surface area contributed by atoms with Crippen molar-refractivity contribution in [3.8, 4) is 22.8 Å². The number of hydrogen-bond acceptors (Lipinski definition) is 4. The number of H-pyrrole nitrogens is 2. The van der Waals surface area contributed by atoms with E-state index < -0.39 is 0 Å². The molecule has 140 valence electrons. The number of aromatic amines is 2. The van der Waals surface area contributed by atoms with Gasteiger partial charge in [0.25, 0.3) is 0 Å². The van der Waals surface area contributed by atoms with Gasteiger partial charge in [-0.15, -0.1) is 0 Å². The molecule has 4 heterocycles. The van der Waals surface area contributed by atoms with E-state index in [-0.39, 0.29) is 0 Å². The summed E-state index contributed by atoms with van der Waals surface area (Å²) in [6, 6.07) is 24.3. The van der Waals surface area contributed by atoms with Crippen molar-refractivity contribution < 1.29 is 0 Å². The van der Waals surface area contributed by atoms with Gasteiger partial charge in [0.05, 0.1) is 0 Å². The summed E-state index contributed by atoms with van der Waals surface area (Å²) in [7, 11) is 0. The van der Waals surface area contributed by atoms with Crippen LogP contribution in [0.4, 0.5) is 0 Å². The highest BCUT2D eigenvalue weighted by Crippen LogP contribution is 2.34. The zero-order valence-corrected chi connectivity index (χ0v) is 15.7. The van der Waals surface area contributed by atoms with Crippen molar-refractivity contribution in [2.24, 2.45) is 0 Å². The van der Waals surface area contributed by atoms with Crippen LogP contribution in [0.5, 0.6) is 0 Å². The van der Waals surface area contributed by atoms with Crippen LogP contribution in [0.25, 0.3) is 66.9 Å². The van der Waals surface area contributed by atoms with Gasteiger partial charge in [-0.3, -0.25) is 0 Å². The predicted octanol–water partition coefficient (Wildman–Crippen LogP) is 5.31. The predicted molar refractivity (Wildman–Crippen MR) is 118 cm³/mol. The number of nitrogens with one attached hydrogen (secondary N) is 2. The second-order valence-electron chi connectivity index (χ2n) is 7.38. The van der Waals surface area contributed by atoms with Crippen LogP contribution in [0.1, 0.15) is 0 Å². The molecule has 1 aliphatic heterocycles. The topological polar surface area (TPSA) is 83.1 Å². The fraction of sp³-hybridized carbons (Fsp3) is 0. The second-order valence-corrected chi connectivity index (χ2v) is 7.38. The number of fused-ring (bicyclic) bond motifs is 15. The first-order valence-electron chi connectivity index (χ1n) is 9.77. The van der Waals surface area contributed by atoms with Crippen LogP contribution in [0, 0.1) is 0 Å². The molecule has 0 spiro atoms. The molecule has 6 heteroatoms. The van der Waals surface area contributed by atoms with E-state index in [0.717, 1.165) is 55.3 Å². The molecule has 0 amide bonds. The van der Waals surface area contributed by atoms with Gasteiger partial charge in [-0.05, 0) is 0 Å². The van der Waals surface area contributed by atoms with Crippen LogP contribution < -0.4 is 0 Å². The smallest absolute Gasteiger partial charge is 0.164 e. The van der Waals surface area contributed by atoms with E-state index in [2.05, 4.69) is 34.2 Å². The van der Waals surface area contributed by atoms with Crippen LogP contribution in [0.3, 0.4) is 0 Å². The monoisotopic (exact) mass is 386 g/mol. The molecule has 6 bridgehead atoms. The average molecular weight is 386 g/mol. The Morgan fingerprint density at radius 2 is 0.767 bits per heavy atom. The molecule has 0 saturated heterocycles. The summed E-state index contributed by atoms with van der Waals surface area (Å²) in [6.45, 7) is 0. The molecule has 0 radical (unpaired) electrons. The van der Waals surface area contributed by atoms with Gasteiger partial charge >= 0.3 is 0 Å². The summed E-state index contributed by atoms with van der Waals surface area (Å²) >= 11 is 0. The van der Waals surface area contributed by atoms with Gasteiger partial charge in [-0.2, -0.15) is 0 Å². The van der Waals surface area contributed by atoms with Crippen LogP contribution in [-0.2, 0) is 0 Å². The number of nitrogens with zero attached hydrogens (tertiary/aromatic N) is 4. The van der Waals surface area contributed by atoms with E-state index >= 15 is 0 Å². The highest BCUT2D eigenvalue weighted by atomic mass is 15.0. The highest BCUT2D eigenvalue weighted by Gasteiger charge is 2.19. The van der Waals surface area contributed by atoms with Crippen molar-refractivity contribution in [2.75, 3.05) is 0 Å². The van der Waals surface area contributed by atoms with Crippen LogP contribution in [0.2, 0.25) is 0 Å². The van der Waals surface area contributed by atoms with E-state index in [1.807, 2.05) is 48.5 Å². The molecule has 0 fully saturated rings. The van der Waals surface area contributed by atoms with Gasteiger partial charge < -0.3 is 9.97 Å². The number of rotatable bonds is 0. The molecule has 6 aromatic rings. The first-order chi connectivity index (χ1) is 14.8. The summed E-state index contributed by atoms with van der Waals surface area (Å²) < 4.78 is 0. The lowest BCUT2D eigenvalue weighted by molar-refractivity contribution is 1.20. The Balaban J connectivity index is 1.79. The number of aromatic nitrogens is 6. The highest BCUT2D eigenvalue weighted by molar-refractivity contribution is 6.07. The van der Waals surface area contributed by atoms with Crippen molar-refractivity contribution in [3.63, 3.8) is 0 Å². The minimum atomic E-state index is 0.652. The van der Waals surface area contributed by atoms with E-state index in [4.69, 9.17) is 19.9 Å². The summed E-state index contributed by atoms with van der Waals surface area (Å²) in [4.78, 5) is 26.3. The average Bonchev–Trinajstić information content (AvgIpc) is 3.43. The Kier molecular flexibility index (Phi) is 2.91. The zero-order valence-electron chi connectivity index (χ0n) is 15.7. The van der Waals surface area contributed by atoms with Crippen molar-refractivity contribution in [2.45, 2.75) is 0 Å². The number of benzene rings is 3. The van der Waals surface area contributed by atoms with Gasteiger partial charge in [0, 0.05) is 32.7 Å². The molecule has 0 atom stereocenters. The fourth-order valence-electron chi connectivity index (χ4n) is 4.23. The molecular weight excluding hydrogens is 372 g/mol. The largest absolute Gasteiger partial charge is 0.324 e. The summed E-state index contributed by atoms with van der Waals surface area (Å²) in [5.41, 5.74) is 4.97. The fourth-order valence-corrected chi connectivity index (χ4v) is 4.23. The Morgan fingerprint density at radius 1 is 0.400 bits per heavy atom. The lowest BCUT2D eigenvalue weighted by Crippen LogP contribution is -1.82. The molecule has 3 aromatic carbocycles. The molecule has 0 saturated carbocycles. The van der Waals surface area contributed by atoms with Gasteiger partial charge in [-0.1, -0.05) is 72.8 Å². The summed E-state index contributed by atoms with van der Waals surface area (Å²) in [5.74, 6) is 1.30. The molecule has 6 nitrogen and oxygen atoms in total. The van der Waals surface area contributed by atoms with E-state index in [0.29, 0.717) is 11.6 Å². The molecule has 30 heavy (non-hydrogen) atoms. The summed E-state index contributed by atoms with van der Waals surface area (Å²) in [6.07, 6.45) is 0. The minimum Gasteiger partial charge on any atom is -0.324 e. The van der Waals surface area contributed by atoms with Gasteiger partial charge in [-0.25, -0.2) is 19.9 Å². The second kappa shape index (κ2) is 5.61. The third kappa shape index (κ3) is 2.07. The SMILES string of the molecule is c1ccc2c(c1)-c1nc-2nc2[nH]c(nc3[nH]c(n1)c1ccccc31)c1ccccc21. The maximum absolute atomic E-state index is 4.93. The lowest BCUT2D eigenvalue weighted by Gasteiger charge is -1.96. The number of hydrogen-bond donors (Lipinski definition) is 2. The van der Waals surface area contributed by atoms with Crippen LogP contribution in [0.15, 0.2) is 72.8 Å². The quantitative estimate of drug-likeness (QED) is 0.370. The van der Waals surface area contributed by atoms with Gasteiger partial charge in [0.2, 0.25) is 0 Å². The van der Waals surface area contributed by atoms with Gasteiger partial charge in [0.1, 0.15) is 22.6 Å². The Bertz CT molecular complexity index is 1580. The normalized spacial score (nSPS) is 12.0. The molecule has 0 unspecified atom stereocenters. The van der Waals surface area contributed by atoms with Crippen molar-refractivity contribution in [1.82, 2.24) is 29.9 Å². The first-order valence-corrected chi connectivity index (χ1v) is 9.77. The van der Waals surface area contributed by atoms with Crippen molar-refractivity contribution >= 4 is 44.1 Å². The Morgan fingerprint density at radius 3 is 1.20 bits per heavy atom. The maximum Gasteiger partial charge on any atom is 0.164 e. The third-order valence-electron chi connectivity index (χ3n) is 5.63. The molecule has 0 aliphatic carbocycles. The van der Waals surface area contributed by atoms with E-state index in [1.165, 1.54) is 0 Å². The first kappa shape index (κ1) is 15.6. The Hall–Kier alpha value is -4.32. The van der Waals surface area contributed by atoms with E-state index in [9.17, 15) is 0 Å². The molecular formula is C24H14N6. The van der Waals surface area contributed by atoms with E-state index in [1.54, 1.807) is 0 Å². The molecule has 3 aromatic heterocycles. The summed E-state index contributed by atoms with van der Waals surface area (Å²) in [5, 5.41) is 4.06. The molecule has 7 rings (SSSR count).